The number of sulfonamides is 1. The number of aromatic nitrogens is 1. The van der Waals surface area contributed by atoms with Gasteiger partial charge in [0.1, 0.15) is 5.75 Å². The minimum absolute atomic E-state index is 0.0690. The molecule has 0 unspecified atom stereocenters. The zero-order valence-electron chi connectivity index (χ0n) is 13.6. The van der Waals surface area contributed by atoms with Gasteiger partial charge in [-0.05, 0) is 38.6 Å². The van der Waals surface area contributed by atoms with Crippen molar-refractivity contribution in [3.8, 4) is 5.75 Å². The van der Waals surface area contributed by atoms with Gasteiger partial charge in [0.25, 0.3) is 0 Å². The second kappa shape index (κ2) is 7.08. The van der Waals surface area contributed by atoms with E-state index in [1.807, 2.05) is 0 Å². The van der Waals surface area contributed by atoms with E-state index < -0.39 is 10.0 Å². The summed E-state index contributed by atoms with van der Waals surface area (Å²) in [6, 6.07) is 4.77. The van der Waals surface area contributed by atoms with Crippen LogP contribution in [0.1, 0.15) is 22.4 Å². The molecule has 0 amide bonds. The molecule has 1 aromatic heterocycles. The average Bonchev–Trinajstić information content (AvgIpc) is 2.57. The Morgan fingerprint density at radius 3 is 2.67 bits per heavy atom. The van der Waals surface area contributed by atoms with E-state index in [9.17, 15) is 18.6 Å². The van der Waals surface area contributed by atoms with Crippen molar-refractivity contribution in [1.29, 1.82) is 0 Å². The largest absolute Gasteiger partial charge is 0.505 e. The van der Waals surface area contributed by atoms with Crippen molar-refractivity contribution in [2.45, 2.75) is 25.3 Å². The van der Waals surface area contributed by atoms with Gasteiger partial charge < -0.3 is 10.2 Å². The van der Waals surface area contributed by atoms with Crippen molar-refractivity contribution < 1.29 is 18.6 Å². The fourth-order valence-electron chi connectivity index (χ4n) is 2.13. The zero-order chi connectivity index (χ0) is 17.9. The predicted molar refractivity (Wildman–Crippen MR) is 91.2 cm³/mol. The number of nitrogens with one attached hydrogen (secondary N) is 1. The molecular formula is C16H19N3O4S. The third-order valence-corrected chi connectivity index (χ3v) is 5.16. The average molecular weight is 349 g/mol. The van der Waals surface area contributed by atoms with Crippen LogP contribution in [0.2, 0.25) is 0 Å². The van der Waals surface area contributed by atoms with Crippen molar-refractivity contribution in [2.24, 2.45) is 4.99 Å². The second-order valence-electron chi connectivity index (χ2n) is 5.20. The SMILES string of the molecule is CNS(=O)(=O)c1cc(N=Cc2c(CO)cnc(C)c2O)ccc1C. The van der Waals surface area contributed by atoms with E-state index in [1.54, 1.807) is 26.0 Å². The van der Waals surface area contributed by atoms with Crippen LogP contribution in [0, 0.1) is 13.8 Å². The maximum absolute atomic E-state index is 12.0. The molecule has 0 saturated heterocycles. The molecule has 7 nitrogen and oxygen atoms in total. The first-order valence-electron chi connectivity index (χ1n) is 7.16. The van der Waals surface area contributed by atoms with E-state index in [0.29, 0.717) is 28.1 Å². The first-order chi connectivity index (χ1) is 11.3. The van der Waals surface area contributed by atoms with Crippen molar-refractivity contribution in [2.75, 3.05) is 7.05 Å². The van der Waals surface area contributed by atoms with Gasteiger partial charge in [0, 0.05) is 23.5 Å². The number of pyridine rings is 1. The molecule has 0 aliphatic heterocycles. The Morgan fingerprint density at radius 2 is 2.04 bits per heavy atom. The molecule has 0 atom stereocenters. The molecule has 0 fully saturated rings. The number of nitrogens with zero attached hydrogens (tertiary/aromatic N) is 2. The summed E-state index contributed by atoms with van der Waals surface area (Å²) in [5, 5.41) is 19.4. The summed E-state index contributed by atoms with van der Waals surface area (Å²) in [5.74, 6) is -0.0690. The summed E-state index contributed by atoms with van der Waals surface area (Å²) in [5.41, 5.74) is 2.20. The minimum Gasteiger partial charge on any atom is -0.505 e. The summed E-state index contributed by atoms with van der Waals surface area (Å²) in [4.78, 5) is 8.33. The molecule has 2 aromatic rings. The van der Waals surface area contributed by atoms with E-state index in [-0.39, 0.29) is 17.3 Å². The topological polar surface area (TPSA) is 112 Å². The van der Waals surface area contributed by atoms with Gasteiger partial charge >= 0.3 is 0 Å². The Morgan fingerprint density at radius 1 is 1.33 bits per heavy atom. The van der Waals surface area contributed by atoms with Gasteiger partial charge in [-0.3, -0.25) is 9.98 Å². The number of aliphatic hydroxyl groups is 1. The summed E-state index contributed by atoms with van der Waals surface area (Å²) in [6.45, 7) is 3.03. The van der Waals surface area contributed by atoms with Gasteiger partial charge in [0.2, 0.25) is 10.0 Å². The Labute approximate surface area is 140 Å². The third kappa shape index (κ3) is 3.61. The number of aromatic hydroxyl groups is 1. The fourth-order valence-corrected chi connectivity index (χ4v) is 3.12. The molecule has 0 saturated carbocycles. The van der Waals surface area contributed by atoms with Gasteiger partial charge in [0.15, 0.2) is 0 Å². The lowest BCUT2D eigenvalue weighted by atomic mass is 10.1. The standard InChI is InChI=1S/C16H19N3O4S/c1-10-4-5-13(6-15(10)24(22,23)17-3)19-8-14-12(9-20)7-18-11(2)16(14)21/h4-8,17,20-21H,9H2,1-3H3. The Kier molecular flexibility index (Phi) is 5.33. The maximum Gasteiger partial charge on any atom is 0.240 e. The molecule has 24 heavy (non-hydrogen) atoms. The first-order valence-corrected chi connectivity index (χ1v) is 8.65. The van der Waals surface area contributed by atoms with Crippen molar-refractivity contribution in [1.82, 2.24) is 9.71 Å². The van der Waals surface area contributed by atoms with E-state index >= 15 is 0 Å². The van der Waals surface area contributed by atoms with Gasteiger partial charge in [0.05, 0.1) is 22.9 Å². The monoisotopic (exact) mass is 349 g/mol. The quantitative estimate of drug-likeness (QED) is 0.709. The molecule has 0 aliphatic rings. The maximum atomic E-state index is 12.0. The number of hydrogen-bond donors (Lipinski definition) is 3. The second-order valence-corrected chi connectivity index (χ2v) is 7.06. The fraction of sp³-hybridized carbons (Fsp3) is 0.250. The third-order valence-electron chi connectivity index (χ3n) is 3.60. The van der Waals surface area contributed by atoms with Crippen LogP contribution in [-0.2, 0) is 16.6 Å². The van der Waals surface area contributed by atoms with Gasteiger partial charge in [-0.1, -0.05) is 6.07 Å². The van der Waals surface area contributed by atoms with Crippen LogP contribution in [0.3, 0.4) is 0 Å². The van der Waals surface area contributed by atoms with Crippen LogP contribution >= 0.6 is 0 Å². The van der Waals surface area contributed by atoms with E-state index in [0.717, 1.165) is 0 Å². The molecule has 0 bridgehead atoms. The number of hydrogen-bond acceptors (Lipinski definition) is 6. The first kappa shape index (κ1) is 18.1. The zero-order valence-corrected chi connectivity index (χ0v) is 14.4. The summed E-state index contributed by atoms with van der Waals surface area (Å²) in [6.07, 6.45) is 2.85. The molecule has 2 rings (SSSR count). The van der Waals surface area contributed by atoms with Crippen molar-refractivity contribution in [3.63, 3.8) is 0 Å². The Hall–Kier alpha value is -2.29. The van der Waals surface area contributed by atoms with Crippen LogP contribution in [0.5, 0.6) is 5.75 Å². The molecule has 3 N–H and O–H groups in total. The predicted octanol–water partition coefficient (Wildman–Crippen LogP) is 1.56. The summed E-state index contributed by atoms with van der Waals surface area (Å²) < 4.78 is 26.3. The normalized spacial score (nSPS) is 12.0. The number of aryl methyl sites for hydroxylation is 2. The Balaban J connectivity index is 2.48. The molecule has 0 radical (unpaired) electrons. The highest BCUT2D eigenvalue weighted by molar-refractivity contribution is 7.89. The van der Waals surface area contributed by atoms with E-state index in [1.165, 1.54) is 25.5 Å². The number of rotatable bonds is 5. The van der Waals surface area contributed by atoms with E-state index in [4.69, 9.17) is 0 Å². The van der Waals surface area contributed by atoms with Gasteiger partial charge in [-0.15, -0.1) is 0 Å². The molecule has 1 heterocycles. The smallest absolute Gasteiger partial charge is 0.240 e. The van der Waals surface area contributed by atoms with Gasteiger partial charge in [-0.25, -0.2) is 13.1 Å². The number of aliphatic hydroxyl groups excluding tert-OH is 1. The van der Waals surface area contributed by atoms with Crippen LogP contribution in [0.4, 0.5) is 5.69 Å². The molecule has 8 heteroatoms. The molecule has 1 aromatic carbocycles. The van der Waals surface area contributed by atoms with Crippen LogP contribution < -0.4 is 4.72 Å². The Bertz CT molecular complexity index is 892. The lowest BCUT2D eigenvalue weighted by Crippen LogP contribution is -2.19. The number of benzene rings is 1. The number of aliphatic imine (C=N–C) groups is 1. The van der Waals surface area contributed by atoms with Crippen LogP contribution in [0.25, 0.3) is 0 Å². The van der Waals surface area contributed by atoms with Crippen LogP contribution in [-0.4, -0.2) is 36.9 Å². The van der Waals surface area contributed by atoms with Gasteiger partial charge in [-0.2, -0.15) is 0 Å². The summed E-state index contributed by atoms with van der Waals surface area (Å²) in [7, 11) is -2.24. The lowest BCUT2D eigenvalue weighted by molar-refractivity contribution is 0.280. The van der Waals surface area contributed by atoms with Crippen LogP contribution in [0.15, 0.2) is 34.3 Å². The summed E-state index contributed by atoms with van der Waals surface area (Å²) >= 11 is 0. The molecule has 128 valence electrons. The van der Waals surface area contributed by atoms with Crippen molar-refractivity contribution >= 4 is 21.9 Å². The van der Waals surface area contributed by atoms with E-state index in [2.05, 4.69) is 14.7 Å². The highest BCUT2D eigenvalue weighted by Gasteiger charge is 2.15. The lowest BCUT2D eigenvalue weighted by Gasteiger charge is -2.08. The molecule has 0 aliphatic carbocycles. The molecular weight excluding hydrogens is 330 g/mol. The van der Waals surface area contributed by atoms with Crippen molar-refractivity contribution in [3.05, 3.63) is 46.8 Å². The highest BCUT2D eigenvalue weighted by Crippen LogP contribution is 2.25. The molecule has 0 spiro atoms. The minimum atomic E-state index is -3.59. The highest BCUT2D eigenvalue weighted by atomic mass is 32.2.